The van der Waals surface area contributed by atoms with Crippen molar-refractivity contribution in [3.05, 3.63) is 94.6 Å². The van der Waals surface area contributed by atoms with Crippen molar-refractivity contribution in [1.29, 1.82) is 0 Å². The van der Waals surface area contributed by atoms with Crippen LogP contribution in [-0.2, 0) is 12.6 Å². The number of pyridine rings is 1. The molecule has 4 rings (SSSR count). The van der Waals surface area contributed by atoms with Gasteiger partial charge in [-0.3, -0.25) is 0 Å². The van der Waals surface area contributed by atoms with Crippen molar-refractivity contribution in [3.8, 4) is 5.88 Å². The molecule has 3 aromatic rings. The van der Waals surface area contributed by atoms with Crippen molar-refractivity contribution < 1.29 is 17.9 Å². The van der Waals surface area contributed by atoms with Gasteiger partial charge in [0.05, 0.1) is 12.2 Å². The molecule has 7 heteroatoms. The third-order valence-corrected chi connectivity index (χ3v) is 6.72. The van der Waals surface area contributed by atoms with E-state index in [0.29, 0.717) is 11.6 Å². The number of nitrogens with zero attached hydrogens (tertiary/aromatic N) is 1. The number of ether oxygens (including phenoxy) is 1. The largest absolute Gasteiger partial charge is 0.478 e. The first-order chi connectivity index (χ1) is 15.9. The molecule has 174 valence electrons. The summed E-state index contributed by atoms with van der Waals surface area (Å²) in [5.41, 5.74) is 1.62. The number of hydrogen-bond donors (Lipinski definition) is 1. The van der Waals surface area contributed by atoms with E-state index in [1.807, 2.05) is 30.3 Å². The number of hydrogen-bond acceptors (Lipinski definition) is 3. The molecule has 1 aliphatic heterocycles. The quantitative estimate of drug-likeness (QED) is 0.422. The van der Waals surface area contributed by atoms with Gasteiger partial charge in [-0.1, -0.05) is 54.1 Å². The van der Waals surface area contributed by atoms with Gasteiger partial charge in [0.2, 0.25) is 5.88 Å². The fraction of sp³-hybridized carbons (Fsp3) is 0.346. The Morgan fingerprint density at radius 1 is 1.03 bits per heavy atom. The minimum Gasteiger partial charge on any atom is -0.478 e. The van der Waals surface area contributed by atoms with Gasteiger partial charge in [-0.05, 0) is 60.5 Å². The Bertz CT molecular complexity index is 1030. The maximum atomic E-state index is 12.8. The molecule has 2 atom stereocenters. The molecule has 2 aromatic carbocycles. The maximum absolute atomic E-state index is 12.8. The molecule has 1 N–H and O–H groups in total. The Kier molecular flexibility index (Phi) is 7.25. The molecule has 2 heterocycles. The molecule has 0 aliphatic carbocycles. The number of nitrogens with one attached hydrogen (secondary N) is 1. The first-order valence-corrected chi connectivity index (χ1v) is 11.4. The molecule has 1 fully saturated rings. The molecule has 0 spiro atoms. The minimum absolute atomic E-state index is 0.0770. The zero-order valence-electron chi connectivity index (χ0n) is 18.1. The lowest BCUT2D eigenvalue weighted by atomic mass is 9.63. The van der Waals surface area contributed by atoms with Crippen molar-refractivity contribution in [2.75, 3.05) is 19.7 Å². The summed E-state index contributed by atoms with van der Waals surface area (Å²) in [6.45, 7) is 2.11. The Morgan fingerprint density at radius 3 is 2.45 bits per heavy atom. The molecule has 1 aromatic heterocycles. The van der Waals surface area contributed by atoms with Crippen molar-refractivity contribution in [3.63, 3.8) is 0 Å². The monoisotopic (exact) mass is 474 g/mol. The summed E-state index contributed by atoms with van der Waals surface area (Å²) in [6, 6.07) is 20.7. The molecule has 0 radical (unpaired) electrons. The highest BCUT2D eigenvalue weighted by Gasteiger charge is 2.41. The zero-order valence-corrected chi connectivity index (χ0v) is 18.9. The molecule has 0 bridgehead atoms. The highest BCUT2D eigenvalue weighted by molar-refractivity contribution is 6.30. The summed E-state index contributed by atoms with van der Waals surface area (Å²) in [6.07, 6.45) is -1.01. The summed E-state index contributed by atoms with van der Waals surface area (Å²) in [5.74, 6) is 0.447. The van der Waals surface area contributed by atoms with E-state index in [1.54, 1.807) is 0 Å². The summed E-state index contributed by atoms with van der Waals surface area (Å²) < 4.78 is 44.2. The Hall–Kier alpha value is -2.57. The van der Waals surface area contributed by atoms with E-state index < -0.39 is 11.7 Å². The predicted molar refractivity (Wildman–Crippen MR) is 124 cm³/mol. The topological polar surface area (TPSA) is 34.1 Å². The van der Waals surface area contributed by atoms with Gasteiger partial charge >= 0.3 is 6.18 Å². The SMILES string of the molecule is FC(F)(F)c1ccc(OCC[C@]2(Cc3ccccc3)CCNC[C@@H]2c2ccc(Cl)cc2)nc1. The van der Waals surface area contributed by atoms with E-state index in [0.717, 1.165) is 44.6 Å². The summed E-state index contributed by atoms with van der Waals surface area (Å²) in [4.78, 5) is 3.85. The third-order valence-electron chi connectivity index (χ3n) is 6.47. The molecular weight excluding hydrogens is 449 g/mol. The molecule has 33 heavy (non-hydrogen) atoms. The van der Waals surface area contributed by atoms with Gasteiger partial charge in [0.15, 0.2) is 0 Å². The Labute approximate surface area is 197 Å². The van der Waals surface area contributed by atoms with Crippen LogP contribution in [0.25, 0.3) is 0 Å². The van der Waals surface area contributed by atoms with Crippen LogP contribution >= 0.6 is 11.6 Å². The highest BCUT2D eigenvalue weighted by Crippen LogP contribution is 2.46. The van der Waals surface area contributed by atoms with E-state index in [2.05, 4.69) is 34.6 Å². The van der Waals surface area contributed by atoms with Gasteiger partial charge in [0.25, 0.3) is 0 Å². The van der Waals surface area contributed by atoms with Gasteiger partial charge < -0.3 is 10.1 Å². The fourth-order valence-corrected chi connectivity index (χ4v) is 4.86. The first-order valence-electron chi connectivity index (χ1n) is 11.0. The van der Waals surface area contributed by atoms with Crippen molar-refractivity contribution >= 4 is 11.6 Å². The summed E-state index contributed by atoms with van der Waals surface area (Å²) >= 11 is 6.13. The maximum Gasteiger partial charge on any atom is 0.417 e. The molecule has 1 saturated heterocycles. The average molecular weight is 475 g/mol. The van der Waals surface area contributed by atoms with E-state index in [-0.39, 0.29) is 17.2 Å². The van der Waals surface area contributed by atoms with Crippen LogP contribution < -0.4 is 10.1 Å². The highest BCUT2D eigenvalue weighted by atomic mass is 35.5. The van der Waals surface area contributed by atoms with Gasteiger partial charge in [-0.15, -0.1) is 0 Å². The number of aromatic nitrogens is 1. The van der Waals surface area contributed by atoms with E-state index >= 15 is 0 Å². The van der Waals surface area contributed by atoms with Crippen LogP contribution in [0.5, 0.6) is 5.88 Å². The van der Waals surface area contributed by atoms with Gasteiger partial charge in [-0.25, -0.2) is 4.98 Å². The van der Waals surface area contributed by atoms with Crippen LogP contribution in [0.3, 0.4) is 0 Å². The second kappa shape index (κ2) is 10.1. The van der Waals surface area contributed by atoms with E-state index in [1.165, 1.54) is 17.2 Å². The molecule has 0 unspecified atom stereocenters. The predicted octanol–water partition coefficient (Wildman–Crippen LogP) is 6.53. The van der Waals surface area contributed by atoms with Crippen molar-refractivity contribution in [2.24, 2.45) is 5.41 Å². The molecule has 1 aliphatic rings. The number of rotatable bonds is 7. The lowest BCUT2D eigenvalue weighted by Gasteiger charge is -2.45. The minimum atomic E-state index is -4.41. The number of piperidine rings is 1. The zero-order chi connectivity index (χ0) is 23.3. The molecule has 3 nitrogen and oxygen atoms in total. The number of benzene rings is 2. The first kappa shape index (κ1) is 23.6. The standard InChI is InChI=1S/C26H26ClF3N2O/c27-22-9-6-20(7-10-22)23-18-31-14-12-25(23,16-19-4-2-1-3-5-19)13-15-33-24-11-8-21(17-32-24)26(28,29)30/h1-11,17,23,31H,12-16,18H2/t23-,25+/m1/s1. The normalized spacial score (nSPS) is 21.0. The van der Waals surface area contributed by atoms with Crippen LogP contribution in [0.1, 0.15) is 35.4 Å². The van der Waals surface area contributed by atoms with E-state index in [9.17, 15) is 13.2 Å². The van der Waals surface area contributed by atoms with Crippen LogP contribution in [0.2, 0.25) is 5.02 Å². The van der Waals surface area contributed by atoms with Crippen molar-refractivity contribution in [1.82, 2.24) is 10.3 Å². The molecule has 0 saturated carbocycles. The summed E-state index contributed by atoms with van der Waals surface area (Å²) in [5, 5.41) is 4.23. The lowest BCUT2D eigenvalue weighted by Crippen LogP contribution is -2.45. The summed E-state index contributed by atoms with van der Waals surface area (Å²) in [7, 11) is 0. The van der Waals surface area contributed by atoms with Crippen LogP contribution in [0, 0.1) is 5.41 Å². The van der Waals surface area contributed by atoms with Crippen molar-refractivity contribution in [2.45, 2.75) is 31.4 Å². The van der Waals surface area contributed by atoms with E-state index in [4.69, 9.17) is 16.3 Å². The fourth-order valence-electron chi connectivity index (χ4n) is 4.73. The van der Waals surface area contributed by atoms with Gasteiger partial charge in [0, 0.05) is 29.7 Å². The smallest absolute Gasteiger partial charge is 0.417 e. The number of halogens is 4. The third kappa shape index (κ3) is 5.87. The Balaban J connectivity index is 1.55. The molecule has 0 amide bonds. The van der Waals surface area contributed by atoms with Crippen LogP contribution in [-0.4, -0.2) is 24.7 Å². The number of alkyl halides is 3. The second-order valence-corrected chi connectivity index (χ2v) is 9.00. The lowest BCUT2D eigenvalue weighted by molar-refractivity contribution is -0.137. The van der Waals surface area contributed by atoms with Gasteiger partial charge in [-0.2, -0.15) is 13.2 Å². The second-order valence-electron chi connectivity index (χ2n) is 8.56. The average Bonchev–Trinajstić information content (AvgIpc) is 2.81. The van der Waals surface area contributed by atoms with Gasteiger partial charge in [0.1, 0.15) is 0 Å². The van der Waals surface area contributed by atoms with Crippen LogP contribution in [0.4, 0.5) is 13.2 Å². The molecular formula is C26H26ClF3N2O. The Morgan fingerprint density at radius 2 is 1.79 bits per heavy atom. The van der Waals surface area contributed by atoms with Crippen LogP contribution in [0.15, 0.2) is 72.9 Å².